The SMILES string of the molecule is CCCN1CCC(c2cc(-c3ccccc3)sc2C(=O)O)=C(C2CCC(C)CC2)C1.c1cc2ccc1-2. The molecule has 1 N–H and O–H groups in total. The zero-order chi connectivity index (χ0) is 25.1. The van der Waals surface area contributed by atoms with Crippen molar-refractivity contribution in [3.63, 3.8) is 0 Å². The van der Waals surface area contributed by atoms with Crippen molar-refractivity contribution in [2.24, 2.45) is 11.8 Å². The van der Waals surface area contributed by atoms with Crippen LogP contribution in [0.15, 0.2) is 66.2 Å². The zero-order valence-electron chi connectivity index (χ0n) is 21.5. The highest BCUT2D eigenvalue weighted by molar-refractivity contribution is 7.17. The summed E-state index contributed by atoms with van der Waals surface area (Å²) in [5.74, 6) is 0.635. The average Bonchev–Trinajstić information content (AvgIpc) is 3.34. The fourth-order valence-corrected chi connectivity index (χ4v) is 6.86. The standard InChI is InChI=1S/C26H33NO2S.C6H4/c1-3-14-27-15-13-21(23(17-27)19-11-9-18(2)10-12-19)22-16-24(30-25(22)26(28)29)20-7-5-4-6-8-20;1-2-6-4-3-5(1)6/h4-8,16,18-19H,3,9-15,17H2,1-2H3,(H,28,29);1-4H. The van der Waals surface area contributed by atoms with Crippen LogP contribution >= 0.6 is 11.3 Å². The second kappa shape index (κ2) is 11.1. The Morgan fingerprint density at radius 3 is 2.19 bits per heavy atom. The van der Waals surface area contributed by atoms with Gasteiger partial charge >= 0.3 is 5.97 Å². The Morgan fingerprint density at radius 2 is 1.64 bits per heavy atom. The molecule has 36 heavy (non-hydrogen) atoms. The van der Waals surface area contributed by atoms with Gasteiger partial charge in [-0.2, -0.15) is 0 Å². The number of carbonyl (C=O) groups is 1. The molecule has 0 spiro atoms. The number of thiophene rings is 1. The van der Waals surface area contributed by atoms with Crippen molar-refractivity contribution in [1.82, 2.24) is 4.90 Å². The van der Waals surface area contributed by atoms with Crippen LogP contribution in [0.3, 0.4) is 0 Å². The van der Waals surface area contributed by atoms with Gasteiger partial charge in [-0.25, -0.2) is 4.79 Å². The minimum absolute atomic E-state index is 0.509. The molecule has 0 bridgehead atoms. The maximum atomic E-state index is 12.2. The molecule has 0 radical (unpaired) electrons. The first-order valence-corrected chi connectivity index (χ1v) is 14.3. The minimum atomic E-state index is -0.794. The van der Waals surface area contributed by atoms with Gasteiger partial charge in [-0.15, -0.1) is 11.3 Å². The number of carboxylic acid groups (broad SMARTS) is 1. The predicted molar refractivity (Wildman–Crippen MR) is 152 cm³/mol. The Labute approximate surface area is 219 Å². The molecular formula is C32H37NO2S. The molecule has 1 aromatic heterocycles. The van der Waals surface area contributed by atoms with Gasteiger partial charge in [0.2, 0.25) is 0 Å². The molecule has 4 heteroatoms. The van der Waals surface area contributed by atoms with Gasteiger partial charge in [0, 0.05) is 23.5 Å². The molecule has 3 nitrogen and oxygen atoms in total. The quantitative estimate of drug-likeness (QED) is 0.289. The lowest BCUT2D eigenvalue weighted by molar-refractivity contribution is 0.0702. The minimum Gasteiger partial charge on any atom is -0.477 e. The molecule has 1 aliphatic heterocycles. The number of aromatic carboxylic acids is 1. The van der Waals surface area contributed by atoms with E-state index in [4.69, 9.17) is 0 Å². The molecule has 1 fully saturated rings. The van der Waals surface area contributed by atoms with Crippen molar-refractivity contribution >= 4 is 22.9 Å². The van der Waals surface area contributed by atoms with Gasteiger partial charge in [0.05, 0.1) is 0 Å². The van der Waals surface area contributed by atoms with Gasteiger partial charge in [-0.3, -0.25) is 4.90 Å². The summed E-state index contributed by atoms with van der Waals surface area (Å²) < 4.78 is 0. The second-order valence-corrected chi connectivity index (χ2v) is 11.6. The first kappa shape index (κ1) is 25.0. The van der Waals surface area contributed by atoms with E-state index in [1.165, 1.54) is 65.7 Å². The van der Waals surface area contributed by atoms with Gasteiger partial charge in [-0.05, 0) is 78.0 Å². The van der Waals surface area contributed by atoms with Gasteiger partial charge < -0.3 is 5.11 Å². The smallest absolute Gasteiger partial charge is 0.346 e. The summed E-state index contributed by atoms with van der Waals surface area (Å²) in [5.41, 5.74) is 7.80. The molecular weight excluding hydrogens is 462 g/mol. The predicted octanol–water partition coefficient (Wildman–Crippen LogP) is 8.48. The molecule has 1 aromatic carbocycles. The Balaban J connectivity index is 0.000000382. The van der Waals surface area contributed by atoms with E-state index in [2.05, 4.69) is 61.2 Å². The van der Waals surface area contributed by atoms with Crippen LogP contribution in [-0.4, -0.2) is 35.6 Å². The van der Waals surface area contributed by atoms with Gasteiger partial charge in [0.15, 0.2) is 0 Å². The van der Waals surface area contributed by atoms with E-state index in [1.54, 1.807) is 0 Å². The van der Waals surface area contributed by atoms with E-state index < -0.39 is 5.97 Å². The van der Waals surface area contributed by atoms with E-state index >= 15 is 0 Å². The van der Waals surface area contributed by atoms with E-state index in [0.717, 1.165) is 48.0 Å². The summed E-state index contributed by atoms with van der Waals surface area (Å²) in [6, 6.07) is 20.8. The fourth-order valence-electron chi connectivity index (χ4n) is 5.83. The van der Waals surface area contributed by atoms with Crippen molar-refractivity contribution in [3.8, 4) is 21.6 Å². The summed E-state index contributed by atoms with van der Waals surface area (Å²) in [7, 11) is 0. The van der Waals surface area contributed by atoms with Crippen LogP contribution in [0.5, 0.6) is 0 Å². The third-order valence-electron chi connectivity index (χ3n) is 8.04. The summed E-state index contributed by atoms with van der Waals surface area (Å²) in [5, 5.41) is 10.0. The third kappa shape index (κ3) is 5.35. The van der Waals surface area contributed by atoms with E-state index in [0.29, 0.717) is 10.8 Å². The zero-order valence-corrected chi connectivity index (χ0v) is 22.3. The van der Waals surface area contributed by atoms with Crippen LogP contribution in [-0.2, 0) is 0 Å². The number of hydrogen-bond donors (Lipinski definition) is 1. The maximum absolute atomic E-state index is 12.2. The number of rotatable bonds is 6. The summed E-state index contributed by atoms with van der Waals surface area (Å²) in [6.45, 7) is 7.78. The molecule has 1 saturated carbocycles. The topological polar surface area (TPSA) is 40.5 Å². The summed E-state index contributed by atoms with van der Waals surface area (Å²) >= 11 is 1.43. The Morgan fingerprint density at radius 1 is 0.972 bits per heavy atom. The number of nitrogens with zero attached hydrogens (tertiary/aromatic N) is 1. The first-order chi connectivity index (χ1) is 17.5. The lowest BCUT2D eigenvalue weighted by atomic mass is 9.75. The molecule has 0 atom stereocenters. The van der Waals surface area contributed by atoms with Crippen molar-refractivity contribution in [1.29, 1.82) is 0 Å². The van der Waals surface area contributed by atoms with Crippen LogP contribution in [0.4, 0.5) is 0 Å². The highest BCUT2D eigenvalue weighted by Crippen LogP contribution is 2.43. The summed E-state index contributed by atoms with van der Waals surface area (Å²) in [4.78, 5) is 16.3. The van der Waals surface area contributed by atoms with Gasteiger partial charge in [0.1, 0.15) is 4.88 Å². The average molecular weight is 500 g/mol. The maximum Gasteiger partial charge on any atom is 0.346 e. The monoisotopic (exact) mass is 499 g/mol. The fraction of sp³-hybridized carbons (Fsp3) is 0.406. The van der Waals surface area contributed by atoms with Crippen LogP contribution in [0.2, 0.25) is 0 Å². The van der Waals surface area contributed by atoms with Crippen molar-refractivity contribution in [3.05, 3.63) is 76.7 Å². The number of hydrogen-bond acceptors (Lipinski definition) is 3. The Kier molecular flexibility index (Phi) is 7.73. The lowest BCUT2D eigenvalue weighted by Gasteiger charge is -2.37. The largest absolute Gasteiger partial charge is 0.477 e. The summed E-state index contributed by atoms with van der Waals surface area (Å²) in [6.07, 6.45) is 7.21. The third-order valence-corrected chi connectivity index (χ3v) is 9.21. The van der Waals surface area contributed by atoms with E-state index in [-0.39, 0.29) is 0 Å². The van der Waals surface area contributed by atoms with Crippen LogP contribution in [0.1, 0.15) is 67.6 Å². The highest BCUT2D eigenvalue weighted by atomic mass is 32.1. The molecule has 0 unspecified atom stereocenters. The van der Waals surface area contributed by atoms with Crippen molar-refractivity contribution < 1.29 is 9.90 Å². The van der Waals surface area contributed by atoms with Crippen LogP contribution in [0.25, 0.3) is 27.1 Å². The number of fused-ring (bicyclic) bond motifs is 1. The van der Waals surface area contributed by atoms with Crippen LogP contribution in [0, 0.1) is 11.8 Å². The van der Waals surface area contributed by atoms with E-state index in [9.17, 15) is 9.90 Å². The lowest BCUT2D eigenvalue weighted by Crippen LogP contribution is -2.35. The molecule has 188 valence electrons. The van der Waals surface area contributed by atoms with Gasteiger partial charge in [-0.1, -0.05) is 81.3 Å². The van der Waals surface area contributed by atoms with Crippen molar-refractivity contribution in [2.45, 2.75) is 52.4 Å². The highest BCUT2D eigenvalue weighted by Gasteiger charge is 2.30. The molecule has 4 aliphatic rings. The molecule has 6 rings (SSSR count). The molecule has 0 amide bonds. The number of carboxylic acids is 1. The first-order valence-electron chi connectivity index (χ1n) is 13.5. The normalized spacial score (nSPS) is 21.1. The van der Waals surface area contributed by atoms with Crippen molar-refractivity contribution in [2.75, 3.05) is 19.6 Å². The Bertz CT molecular complexity index is 1200. The molecule has 2 heterocycles. The Hall–Kier alpha value is -2.69. The van der Waals surface area contributed by atoms with Gasteiger partial charge in [0.25, 0.3) is 0 Å². The van der Waals surface area contributed by atoms with E-state index in [1.807, 2.05) is 18.2 Å². The molecule has 3 aliphatic carbocycles. The molecule has 2 aromatic rings. The second-order valence-electron chi connectivity index (χ2n) is 10.6. The number of benzene rings is 2. The molecule has 0 saturated heterocycles. The van der Waals surface area contributed by atoms with Crippen LogP contribution < -0.4 is 0 Å².